The van der Waals surface area contributed by atoms with Gasteiger partial charge in [0.05, 0.1) is 10.7 Å². The lowest BCUT2D eigenvalue weighted by Gasteiger charge is -2.21. The molecule has 1 saturated heterocycles. The summed E-state index contributed by atoms with van der Waals surface area (Å²) < 4.78 is 1.87. The molecule has 0 aliphatic carbocycles. The third-order valence-electron chi connectivity index (χ3n) is 3.89. The second-order valence-electron chi connectivity index (χ2n) is 5.36. The second kappa shape index (κ2) is 5.07. The van der Waals surface area contributed by atoms with Gasteiger partial charge in [0.15, 0.2) is 0 Å². The number of likely N-dealkylation sites (tertiary alicyclic amines) is 1. The summed E-state index contributed by atoms with van der Waals surface area (Å²) >= 11 is 5.95. The monoisotopic (exact) mass is 293 g/mol. The molecule has 3 heterocycles. The molecule has 1 aliphatic heterocycles. The zero-order chi connectivity index (χ0) is 14.3. The molecule has 2 aromatic heterocycles. The van der Waals surface area contributed by atoms with Gasteiger partial charge in [0, 0.05) is 18.9 Å². The van der Waals surface area contributed by atoms with E-state index >= 15 is 0 Å². The summed E-state index contributed by atoms with van der Waals surface area (Å²) in [4.78, 5) is 17.8. The third-order valence-corrected chi connectivity index (χ3v) is 4.11. The van der Waals surface area contributed by atoms with Crippen molar-refractivity contribution in [2.45, 2.75) is 25.9 Å². The van der Waals surface area contributed by atoms with Crippen molar-refractivity contribution in [1.82, 2.24) is 14.3 Å². The van der Waals surface area contributed by atoms with Crippen LogP contribution in [0.1, 0.15) is 19.0 Å². The normalized spacial score (nSPS) is 23.5. The van der Waals surface area contributed by atoms with E-state index in [1.165, 1.54) is 0 Å². The molecule has 1 aliphatic rings. The SMILES string of the molecule is CC1CCN(Cc2cn3cc(Cl)ccc3n2)C1C(=O)O. The van der Waals surface area contributed by atoms with Gasteiger partial charge in [0.2, 0.25) is 0 Å². The number of imidazole rings is 1. The highest BCUT2D eigenvalue weighted by Crippen LogP contribution is 2.26. The van der Waals surface area contributed by atoms with Crippen molar-refractivity contribution in [3.8, 4) is 0 Å². The van der Waals surface area contributed by atoms with Gasteiger partial charge in [-0.2, -0.15) is 0 Å². The van der Waals surface area contributed by atoms with E-state index in [9.17, 15) is 9.90 Å². The number of carboxylic acids is 1. The van der Waals surface area contributed by atoms with Crippen molar-refractivity contribution in [1.29, 1.82) is 0 Å². The number of carboxylic acid groups (broad SMARTS) is 1. The number of pyridine rings is 1. The van der Waals surface area contributed by atoms with E-state index in [1.807, 2.05) is 28.5 Å². The maximum atomic E-state index is 11.3. The van der Waals surface area contributed by atoms with Gasteiger partial charge in [-0.3, -0.25) is 9.69 Å². The van der Waals surface area contributed by atoms with E-state index in [0.717, 1.165) is 24.3 Å². The smallest absolute Gasteiger partial charge is 0.321 e. The second-order valence-corrected chi connectivity index (χ2v) is 5.80. The largest absolute Gasteiger partial charge is 0.480 e. The van der Waals surface area contributed by atoms with Crippen LogP contribution in [0.25, 0.3) is 5.65 Å². The Bertz CT molecular complexity index is 655. The molecule has 3 rings (SSSR count). The van der Waals surface area contributed by atoms with Crippen LogP contribution in [0.4, 0.5) is 0 Å². The number of hydrogen-bond donors (Lipinski definition) is 1. The molecule has 20 heavy (non-hydrogen) atoms. The number of halogens is 1. The van der Waals surface area contributed by atoms with Crippen LogP contribution in [0.15, 0.2) is 24.5 Å². The molecule has 6 heteroatoms. The molecule has 2 unspecified atom stereocenters. The number of rotatable bonds is 3. The number of nitrogens with zero attached hydrogens (tertiary/aromatic N) is 3. The molecular weight excluding hydrogens is 278 g/mol. The number of aromatic nitrogens is 2. The van der Waals surface area contributed by atoms with Crippen LogP contribution >= 0.6 is 11.6 Å². The minimum absolute atomic E-state index is 0.180. The summed E-state index contributed by atoms with van der Waals surface area (Å²) in [7, 11) is 0. The van der Waals surface area contributed by atoms with E-state index in [1.54, 1.807) is 12.3 Å². The lowest BCUT2D eigenvalue weighted by atomic mass is 10.0. The maximum Gasteiger partial charge on any atom is 0.321 e. The van der Waals surface area contributed by atoms with Crippen LogP contribution in [-0.4, -0.2) is 37.9 Å². The van der Waals surface area contributed by atoms with Crippen LogP contribution in [0.5, 0.6) is 0 Å². The van der Waals surface area contributed by atoms with E-state index in [4.69, 9.17) is 11.6 Å². The minimum Gasteiger partial charge on any atom is -0.480 e. The lowest BCUT2D eigenvalue weighted by molar-refractivity contribution is -0.143. The molecule has 2 atom stereocenters. The Morgan fingerprint density at radius 1 is 1.50 bits per heavy atom. The van der Waals surface area contributed by atoms with E-state index in [-0.39, 0.29) is 5.92 Å². The zero-order valence-electron chi connectivity index (χ0n) is 11.2. The Hall–Kier alpha value is -1.59. The first-order valence-electron chi connectivity index (χ1n) is 6.64. The fourth-order valence-corrected chi connectivity index (χ4v) is 3.07. The first-order chi connectivity index (χ1) is 9.54. The highest BCUT2D eigenvalue weighted by Gasteiger charge is 2.36. The van der Waals surface area contributed by atoms with Crippen molar-refractivity contribution < 1.29 is 9.90 Å². The Morgan fingerprint density at radius 2 is 2.30 bits per heavy atom. The zero-order valence-corrected chi connectivity index (χ0v) is 11.9. The number of fused-ring (bicyclic) bond motifs is 1. The Morgan fingerprint density at radius 3 is 3.05 bits per heavy atom. The summed E-state index contributed by atoms with van der Waals surface area (Å²) in [5, 5.41) is 9.98. The van der Waals surface area contributed by atoms with Gasteiger partial charge >= 0.3 is 5.97 Å². The first kappa shape index (κ1) is 13.4. The van der Waals surface area contributed by atoms with Gasteiger partial charge in [-0.05, 0) is 31.0 Å². The van der Waals surface area contributed by atoms with Crippen LogP contribution in [0.3, 0.4) is 0 Å². The van der Waals surface area contributed by atoms with Crippen molar-refractivity contribution in [2.24, 2.45) is 5.92 Å². The molecule has 106 valence electrons. The van der Waals surface area contributed by atoms with Crippen molar-refractivity contribution in [3.63, 3.8) is 0 Å². The van der Waals surface area contributed by atoms with Gasteiger partial charge in [-0.25, -0.2) is 4.98 Å². The quantitative estimate of drug-likeness (QED) is 0.943. The molecule has 0 saturated carbocycles. The average molecular weight is 294 g/mol. The van der Waals surface area contributed by atoms with Gasteiger partial charge in [-0.1, -0.05) is 18.5 Å². The van der Waals surface area contributed by atoms with Gasteiger partial charge < -0.3 is 9.51 Å². The maximum absolute atomic E-state index is 11.3. The highest BCUT2D eigenvalue weighted by molar-refractivity contribution is 6.30. The molecule has 0 spiro atoms. The van der Waals surface area contributed by atoms with Crippen LogP contribution < -0.4 is 0 Å². The predicted octanol–water partition coefficient (Wildman–Crippen LogP) is 2.28. The highest BCUT2D eigenvalue weighted by atomic mass is 35.5. The molecule has 2 aromatic rings. The van der Waals surface area contributed by atoms with Crippen molar-refractivity contribution in [2.75, 3.05) is 6.54 Å². The van der Waals surface area contributed by atoms with Gasteiger partial charge in [0.1, 0.15) is 11.7 Å². The molecule has 0 amide bonds. The number of hydrogen-bond acceptors (Lipinski definition) is 3. The fourth-order valence-electron chi connectivity index (χ4n) is 2.90. The lowest BCUT2D eigenvalue weighted by Crippen LogP contribution is -2.38. The van der Waals surface area contributed by atoms with E-state index < -0.39 is 12.0 Å². The number of carbonyl (C=O) groups is 1. The first-order valence-corrected chi connectivity index (χ1v) is 7.02. The molecule has 0 aromatic carbocycles. The topological polar surface area (TPSA) is 57.8 Å². The molecule has 0 radical (unpaired) electrons. The Balaban J connectivity index is 1.84. The van der Waals surface area contributed by atoms with E-state index in [2.05, 4.69) is 4.98 Å². The van der Waals surface area contributed by atoms with Crippen LogP contribution in [0, 0.1) is 5.92 Å². The molecule has 5 nitrogen and oxygen atoms in total. The number of aliphatic carboxylic acids is 1. The van der Waals surface area contributed by atoms with Crippen LogP contribution in [0.2, 0.25) is 5.02 Å². The van der Waals surface area contributed by atoms with Gasteiger partial charge in [-0.15, -0.1) is 0 Å². The Kier molecular flexibility index (Phi) is 3.40. The third kappa shape index (κ3) is 2.39. The van der Waals surface area contributed by atoms with E-state index in [0.29, 0.717) is 11.6 Å². The predicted molar refractivity (Wildman–Crippen MR) is 75.8 cm³/mol. The van der Waals surface area contributed by atoms with Crippen molar-refractivity contribution in [3.05, 3.63) is 35.2 Å². The molecule has 0 bridgehead atoms. The summed E-state index contributed by atoms with van der Waals surface area (Å²) in [6, 6.07) is 3.24. The fraction of sp³-hybridized carbons (Fsp3) is 0.429. The molecular formula is C14H16ClN3O2. The van der Waals surface area contributed by atoms with Crippen LogP contribution in [-0.2, 0) is 11.3 Å². The molecule has 1 fully saturated rings. The minimum atomic E-state index is -0.748. The average Bonchev–Trinajstić information content (AvgIpc) is 2.92. The summed E-state index contributed by atoms with van der Waals surface area (Å²) in [6.07, 6.45) is 4.62. The summed E-state index contributed by atoms with van der Waals surface area (Å²) in [5.41, 5.74) is 1.69. The Labute approximate surface area is 121 Å². The standard InChI is InChI=1S/C14H16ClN3O2/c1-9-4-5-17(13(9)14(19)20)7-11-8-18-6-10(15)2-3-12(18)16-11/h2-3,6,8-9,13H,4-5,7H2,1H3,(H,19,20). The molecule has 1 N–H and O–H groups in total. The summed E-state index contributed by atoms with van der Waals surface area (Å²) in [5.74, 6) is -0.569. The summed E-state index contributed by atoms with van der Waals surface area (Å²) in [6.45, 7) is 3.34. The van der Waals surface area contributed by atoms with Gasteiger partial charge in [0.25, 0.3) is 0 Å². The van der Waals surface area contributed by atoms with Crippen molar-refractivity contribution >= 4 is 23.2 Å².